The van der Waals surface area contributed by atoms with E-state index < -0.39 is 23.5 Å². The highest BCUT2D eigenvalue weighted by Gasteiger charge is 2.31. The monoisotopic (exact) mass is 380 g/mol. The molecule has 27 heavy (non-hydrogen) atoms. The quantitative estimate of drug-likeness (QED) is 0.826. The van der Waals surface area contributed by atoms with Crippen LogP contribution in [0.1, 0.15) is 24.4 Å². The van der Waals surface area contributed by atoms with E-state index in [1.807, 2.05) is 0 Å². The SMILES string of the molecule is CN1c2nc(NC3CCCOC3)ncc2OCC1c1cc(F)c(F)cc1F. The molecule has 2 unspecified atom stereocenters. The van der Waals surface area contributed by atoms with E-state index in [2.05, 4.69) is 15.3 Å². The third-order valence-electron chi connectivity index (χ3n) is 4.83. The van der Waals surface area contributed by atoms with Crippen molar-refractivity contribution < 1.29 is 22.6 Å². The molecule has 9 heteroatoms. The van der Waals surface area contributed by atoms with E-state index in [4.69, 9.17) is 9.47 Å². The van der Waals surface area contributed by atoms with E-state index in [1.54, 1.807) is 18.1 Å². The van der Waals surface area contributed by atoms with Gasteiger partial charge in [0.2, 0.25) is 5.95 Å². The number of rotatable bonds is 3. The maximum absolute atomic E-state index is 14.2. The molecule has 0 radical (unpaired) electrons. The summed E-state index contributed by atoms with van der Waals surface area (Å²) >= 11 is 0. The van der Waals surface area contributed by atoms with Crippen molar-refractivity contribution in [1.82, 2.24) is 9.97 Å². The number of benzene rings is 1. The van der Waals surface area contributed by atoms with E-state index >= 15 is 0 Å². The molecule has 4 rings (SSSR count). The molecule has 1 saturated heterocycles. The van der Waals surface area contributed by atoms with E-state index in [1.165, 1.54) is 0 Å². The molecule has 1 aromatic heterocycles. The molecule has 0 amide bonds. The summed E-state index contributed by atoms with van der Waals surface area (Å²) in [6, 6.07) is 0.878. The van der Waals surface area contributed by atoms with Crippen LogP contribution < -0.4 is 15.0 Å². The molecule has 2 aliphatic rings. The van der Waals surface area contributed by atoms with Crippen molar-refractivity contribution in [3.8, 4) is 5.75 Å². The highest BCUT2D eigenvalue weighted by atomic mass is 19.2. The van der Waals surface area contributed by atoms with E-state index in [9.17, 15) is 13.2 Å². The number of anilines is 2. The van der Waals surface area contributed by atoms with Gasteiger partial charge in [0.05, 0.1) is 24.9 Å². The Kier molecular flexibility index (Phi) is 4.77. The maximum atomic E-state index is 14.2. The second-order valence-electron chi connectivity index (χ2n) is 6.67. The summed E-state index contributed by atoms with van der Waals surface area (Å²) in [5.74, 6) is -1.85. The van der Waals surface area contributed by atoms with Gasteiger partial charge in [-0.25, -0.2) is 18.2 Å². The zero-order valence-electron chi connectivity index (χ0n) is 14.7. The molecule has 2 aliphatic heterocycles. The number of aromatic nitrogens is 2. The number of ether oxygens (including phenoxy) is 2. The Morgan fingerprint density at radius 2 is 1.96 bits per heavy atom. The molecule has 0 aliphatic carbocycles. The van der Waals surface area contributed by atoms with Crippen LogP contribution in [-0.4, -0.2) is 42.9 Å². The lowest BCUT2D eigenvalue weighted by Crippen LogP contribution is -2.36. The number of hydrogen-bond donors (Lipinski definition) is 1. The average Bonchev–Trinajstić information content (AvgIpc) is 2.67. The topological polar surface area (TPSA) is 59.5 Å². The van der Waals surface area contributed by atoms with Gasteiger partial charge in [0.1, 0.15) is 12.4 Å². The Bertz CT molecular complexity index is 846. The average molecular weight is 380 g/mol. The minimum absolute atomic E-state index is 0.0100. The second-order valence-corrected chi connectivity index (χ2v) is 6.67. The molecule has 1 aromatic carbocycles. The van der Waals surface area contributed by atoms with E-state index in [-0.39, 0.29) is 18.2 Å². The highest BCUT2D eigenvalue weighted by molar-refractivity contribution is 5.57. The fourth-order valence-corrected chi connectivity index (χ4v) is 3.34. The second kappa shape index (κ2) is 7.22. The van der Waals surface area contributed by atoms with Gasteiger partial charge in [-0.05, 0) is 18.9 Å². The maximum Gasteiger partial charge on any atom is 0.225 e. The summed E-state index contributed by atoms with van der Waals surface area (Å²) in [5, 5.41) is 3.22. The summed E-state index contributed by atoms with van der Waals surface area (Å²) in [6.07, 6.45) is 3.46. The first-order valence-electron chi connectivity index (χ1n) is 8.74. The van der Waals surface area contributed by atoms with Crippen LogP contribution in [0.2, 0.25) is 0 Å². The van der Waals surface area contributed by atoms with Crippen molar-refractivity contribution in [3.63, 3.8) is 0 Å². The summed E-state index contributed by atoms with van der Waals surface area (Å²) in [7, 11) is 1.70. The van der Waals surface area contributed by atoms with Gasteiger partial charge < -0.3 is 19.7 Å². The van der Waals surface area contributed by atoms with E-state index in [0.717, 1.165) is 25.5 Å². The molecule has 6 nitrogen and oxygen atoms in total. The number of likely N-dealkylation sites (N-methyl/N-ethyl adjacent to an activating group) is 1. The Hall–Kier alpha value is -2.55. The van der Waals surface area contributed by atoms with Gasteiger partial charge in [0.15, 0.2) is 23.2 Å². The van der Waals surface area contributed by atoms with Gasteiger partial charge in [-0.2, -0.15) is 4.98 Å². The Labute approximate surface area is 154 Å². The predicted molar refractivity (Wildman–Crippen MR) is 92.5 cm³/mol. The first-order chi connectivity index (χ1) is 13.0. The number of fused-ring (bicyclic) bond motifs is 1. The minimum Gasteiger partial charge on any atom is -0.486 e. The Balaban J connectivity index is 1.60. The molecule has 1 fully saturated rings. The number of halogens is 3. The highest BCUT2D eigenvalue weighted by Crippen LogP contribution is 2.38. The van der Waals surface area contributed by atoms with Crippen LogP contribution in [0.5, 0.6) is 5.75 Å². The van der Waals surface area contributed by atoms with Crippen molar-refractivity contribution in [1.29, 1.82) is 0 Å². The number of nitrogens with one attached hydrogen (secondary N) is 1. The van der Waals surface area contributed by atoms with Crippen molar-refractivity contribution in [2.24, 2.45) is 0 Å². The fraction of sp³-hybridized carbons (Fsp3) is 0.444. The number of hydrogen-bond acceptors (Lipinski definition) is 6. The third kappa shape index (κ3) is 3.51. The van der Waals surface area contributed by atoms with Crippen LogP contribution in [0.4, 0.5) is 24.9 Å². The molecular formula is C18H19F3N4O2. The lowest BCUT2D eigenvalue weighted by Gasteiger charge is -2.35. The van der Waals surface area contributed by atoms with Gasteiger partial charge in [-0.15, -0.1) is 0 Å². The standard InChI is InChI=1S/C18H19F3N4O2/c1-25-15(11-5-13(20)14(21)6-12(11)19)9-27-16-7-22-18(24-17(16)25)23-10-3-2-4-26-8-10/h5-7,10,15H,2-4,8-9H2,1H3,(H,22,23,24). The molecule has 0 spiro atoms. The predicted octanol–water partition coefficient (Wildman–Crippen LogP) is 3.05. The van der Waals surface area contributed by atoms with Crippen LogP contribution in [0.3, 0.4) is 0 Å². The van der Waals surface area contributed by atoms with Gasteiger partial charge in [-0.1, -0.05) is 0 Å². The van der Waals surface area contributed by atoms with Gasteiger partial charge in [-0.3, -0.25) is 0 Å². The zero-order chi connectivity index (χ0) is 19.0. The first-order valence-corrected chi connectivity index (χ1v) is 8.74. The van der Waals surface area contributed by atoms with Crippen molar-refractivity contribution >= 4 is 11.8 Å². The van der Waals surface area contributed by atoms with Crippen molar-refractivity contribution in [2.45, 2.75) is 24.9 Å². The summed E-state index contributed by atoms with van der Waals surface area (Å²) in [4.78, 5) is 10.4. The minimum atomic E-state index is -1.22. The largest absolute Gasteiger partial charge is 0.486 e. The normalized spacial score (nSPS) is 22.1. The van der Waals surface area contributed by atoms with Gasteiger partial charge >= 0.3 is 0 Å². The zero-order valence-corrected chi connectivity index (χ0v) is 14.7. The van der Waals surface area contributed by atoms with Crippen LogP contribution in [0.25, 0.3) is 0 Å². The molecule has 144 valence electrons. The summed E-state index contributed by atoms with van der Waals surface area (Å²) < 4.78 is 52.1. The molecule has 0 bridgehead atoms. The fourth-order valence-electron chi connectivity index (χ4n) is 3.34. The van der Waals surface area contributed by atoms with Crippen LogP contribution in [-0.2, 0) is 4.74 Å². The van der Waals surface area contributed by atoms with Gasteiger partial charge in [0.25, 0.3) is 0 Å². The Morgan fingerprint density at radius 3 is 2.74 bits per heavy atom. The van der Waals surface area contributed by atoms with Crippen LogP contribution >= 0.6 is 0 Å². The molecule has 2 aromatic rings. The third-order valence-corrected chi connectivity index (χ3v) is 4.83. The van der Waals surface area contributed by atoms with Crippen LogP contribution in [0, 0.1) is 17.5 Å². The molecular weight excluding hydrogens is 361 g/mol. The van der Waals surface area contributed by atoms with Crippen molar-refractivity contribution in [2.75, 3.05) is 37.1 Å². The lowest BCUT2D eigenvalue weighted by atomic mass is 10.0. The van der Waals surface area contributed by atoms with Crippen LogP contribution in [0.15, 0.2) is 18.3 Å². The summed E-state index contributed by atoms with van der Waals surface area (Å²) in [6.45, 7) is 1.40. The molecule has 2 atom stereocenters. The lowest BCUT2D eigenvalue weighted by molar-refractivity contribution is 0.0874. The first kappa shape index (κ1) is 17.8. The molecule has 3 heterocycles. The summed E-state index contributed by atoms with van der Waals surface area (Å²) in [5.41, 5.74) is 0.0100. The van der Waals surface area contributed by atoms with Gasteiger partial charge in [0, 0.05) is 25.3 Å². The van der Waals surface area contributed by atoms with Crippen molar-refractivity contribution in [3.05, 3.63) is 41.3 Å². The number of nitrogens with zero attached hydrogens (tertiary/aromatic N) is 3. The Morgan fingerprint density at radius 1 is 1.15 bits per heavy atom. The molecule has 1 N–H and O–H groups in total. The molecule has 0 saturated carbocycles. The van der Waals surface area contributed by atoms with E-state index in [0.29, 0.717) is 30.2 Å². The smallest absolute Gasteiger partial charge is 0.225 e.